The van der Waals surface area contributed by atoms with Gasteiger partial charge in [0.15, 0.2) is 0 Å². The molecule has 1 aromatic rings. The number of benzene rings is 1. The maximum absolute atomic E-state index is 12.2. The SMILES string of the molecule is CNc1cccc2c1C(=O)NC(CC(=O)OC)C(=O)N2. The molecule has 2 rings (SSSR count). The summed E-state index contributed by atoms with van der Waals surface area (Å²) in [5.41, 5.74) is 1.35. The predicted octanol–water partition coefficient (Wildman–Crippen LogP) is 0.342. The van der Waals surface area contributed by atoms with Crippen LogP contribution in [0.4, 0.5) is 11.4 Å². The van der Waals surface area contributed by atoms with E-state index in [-0.39, 0.29) is 6.42 Å². The van der Waals surface area contributed by atoms with Gasteiger partial charge >= 0.3 is 5.97 Å². The summed E-state index contributed by atoms with van der Waals surface area (Å²) in [6, 6.07) is 4.13. The second-order valence-corrected chi connectivity index (χ2v) is 4.27. The van der Waals surface area contributed by atoms with E-state index in [0.29, 0.717) is 16.9 Å². The Bertz CT molecular complexity index is 571. The van der Waals surface area contributed by atoms with Crippen LogP contribution in [0.5, 0.6) is 0 Å². The normalized spacial score (nSPS) is 17.4. The fourth-order valence-electron chi connectivity index (χ4n) is 2.02. The molecule has 20 heavy (non-hydrogen) atoms. The van der Waals surface area contributed by atoms with Crippen molar-refractivity contribution in [2.45, 2.75) is 12.5 Å². The molecule has 7 heteroatoms. The third-order valence-corrected chi connectivity index (χ3v) is 3.04. The first kappa shape index (κ1) is 13.9. The molecule has 7 nitrogen and oxygen atoms in total. The quantitative estimate of drug-likeness (QED) is 0.692. The van der Waals surface area contributed by atoms with Crippen LogP contribution in [-0.4, -0.2) is 38.0 Å². The van der Waals surface area contributed by atoms with Crippen molar-refractivity contribution in [3.8, 4) is 0 Å². The first-order valence-electron chi connectivity index (χ1n) is 6.06. The Kier molecular flexibility index (Phi) is 3.88. The number of fused-ring (bicyclic) bond motifs is 1. The van der Waals surface area contributed by atoms with Gasteiger partial charge in [0, 0.05) is 12.7 Å². The minimum absolute atomic E-state index is 0.211. The van der Waals surface area contributed by atoms with Crippen LogP contribution in [-0.2, 0) is 14.3 Å². The van der Waals surface area contributed by atoms with Crippen molar-refractivity contribution in [3.63, 3.8) is 0 Å². The third-order valence-electron chi connectivity index (χ3n) is 3.04. The average molecular weight is 277 g/mol. The predicted molar refractivity (Wildman–Crippen MR) is 72.5 cm³/mol. The number of ether oxygens (including phenoxy) is 1. The number of carbonyl (C=O) groups excluding carboxylic acids is 3. The summed E-state index contributed by atoms with van der Waals surface area (Å²) >= 11 is 0. The second kappa shape index (κ2) is 5.60. The molecule has 0 aliphatic carbocycles. The van der Waals surface area contributed by atoms with Crippen LogP contribution in [0, 0.1) is 0 Å². The van der Waals surface area contributed by atoms with E-state index in [9.17, 15) is 14.4 Å². The third kappa shape index (κ3) is 2.56. The van der Waals surface area contributed by atoms with E-state index in [1.165, 1.54) is 7.11 Å². The average Bonchev–Trinajstić information content (AvgIpc) is 2.56. The summed E-state index contributed by atoms with van der Waals surface area (Å²) in [4.78, 5) is 35.5. The van der Waals surface area contributed by atoms with Crippen LogP contribution >= 0.6 is 0 Å². The molecule has 1 unspecified atom stereocenters. The molecule has 0 spiro atoms. The Morgan fingerprint density at radius 2 is 2.15 bits per heavy atom. The number of hydrogen-bond donors (Lipinski definition) is 3. The van der Waals surface area contributed by atoms with Crippen LogP contribution in [0.25, 0.3) is 0 Å². The molecule has 0 saturated carbocycles. The van der Waals surface area contributed by atoms with Crippen molar-refractivity contribution >= 4 is 29.2 Å². The highest BCUT2D eigenvalue weighted by Crippen LogP contribution is 2.26. The van der Waals surface area contributed by atoms with E-state index >= 15 is 0 Å². The van der Waals surface area contributed by atoms with Gasteiger partial charge in [-0.2, -0.15) is 0 Å². The number of nitrogens with one attached hydrogen (secondary N) is 3. The number of amides is 2. The van der Waals surface area contributed by atoms with Crippen molar-refractivity contribution in [1.82, 2.24) is 5.32 Å². The van der Waals surface area contributed by atoms with Crippen LogP contribution < -0.4 is 16.0 Å². The minimum atomic E-state index is -0.952. The lowest BCUT2D eigenvalue weighted by molar-refractivity contribution is -0.142. The van der Waals surface area contributed by atoms with Gasteiger partial charge in [-0.1, -0.05) is 6.07 Å². The molecule has 0 saturated heterocycles. The molecular weight excluding hydrogens is 262 g/mol. The van der Waals surface area contributed by atoms with Crippen LogP contribution in [0.1, 0.15) is 16.8 Å². The summed E-state index contributed by atoms with van der Waals surface area (Å²) in [6.45, 7) is 0. The van der Waals surface area contributed by atoms with Crippen molar-refractivity contribution in [3.05, 3.63) is 23.8 Å². The molecule has 1 aromatic carbocycles. The Hall–Kier alpha value is -2.57. The van der Waals surface area contributed by atoms with Gasteiger partial charge in [-0.3, -0.25) is 14.4 Å². The van der Waals surface area contributed by atoms with E-state index in [1.807, 2.05) is 0 Å². The molecule has 0 fully saturated rings. The number of anilines is 2. The summed E-state index contributed by atoms with van der Waals surface area (Å²) in [7, 11) is 2.91. The van der Waals surface area contributed by atoms with E-state index in [0.717, 1.165) is 0 Å². The fourth-order valence-corrected chi connectivity index (χ4v) is 2.02. The van der Waals surface area contributed by atoms with Crippen LogP contribution in [0.3, 0.4) is 0 Å². The van der Waals surface area contributed by atoms with Crippen LogP contribution in [0.2, 0.25) is 0 Å². The number of methoxy groups -OCH3 is 1. The van der Waals surface area contributed by atoms with E-state index in [2.05, 4.69) is 20.7 Å². The van der Waals surface area contributed by atoms with Gasteiger partial charge in [0.2, 0.25) is 5.91 Å². The second-order valence-electron chi connectivity index (χ2n) is 4.27. The van der Waals surface area contributed by atoms with E-state index < -0.39 is 23.8 Å². The zero-order valence-corrected chi connectivity index (χ0v) is 11.1. The van der Waals surface area contributed by atoms with Crippen LogP contribution in [0.15, 0.2) is 18.2 Å². The smallest absolute Gasteiger partial charge is 0.308 e. The van der Waals surface area contributed by atoms with Crippen molar-refractivity contribution in [2.75, 3.05) is 24.8 Å². The van der Waals surface area contributed by atoms with E-state index in [1.54, 1.807) is 25.2 Å². The Morgan fingerprint density at radius 3 is 2.80 bits per heavy atom. The van der Waals surface area contributed by atoms with Gasteiger partial charge in [-0.25, -0.2) is 0 Å². The number of esters is 1. The minimum Gasteiger partial charge on any atom is -0.469 e. The monoisotopic (exact) mass is 277 g/mol. The molecular formula is C13H15N3O4. The Morgan fingerprint density at radius 1 is 1.40 bits per heavy atom. The first-order chi connectivity index (χ1) is 9.56. The molecule has 106 valence electrons. The lowest BCUT2D eigenvalue weighted by Crippen LogP contribution is -2.42. The maximum atomic E-state index is 12.2. The molecule has 0 aromatic heterocycles. The Labute approximate surface area is 115 Å². The highest BCUT2D eigenvalue weighted by molar-refractivity contribution is 6.13. The van der Waals surface area contributed by atoms with Gasteiger partial charge in [-0.05, 0) is 12.1 Å². The van der Waals surface area contributed by atoms with Gasteiger partial charge in [0.25, 0.3) is 5.91 Å². The Balaban J connectivity index is 2.34. The zero-order chi connectivity index (χ0) is 14.7. The molecule has 3 N–H and O–H groups in total. The van der Waals surface area contributed by atoms with Gasteiger partial charge in [0.1, 0.15) is 6.04 Å². The topological polar surface area (TPSA) is 96.5 Å². The van der Waals surface area contributed by atoms with Crippen molar-refractivity contribution in [1.29, 1.82) is 0 Å². The molecule has 2 amide bonds. The molecule has 1 aliphatic heterocycles. The lowest BCUT2D eigenvalue weighted by Gasteiger charge is -2.12. The fraction of sp³-hybridized carbons (Fsp3) is 0.308. The van der Waals surface area contributed by atoms with Crippen molar-refractivity contribution in [2.24, 2.45) is 0 Å². The molecule has 1 heterocycles. The number of rotatable bonds is 3. The summed E-state index contributed by atoms with van der Waals surface area (Å²) in [5, 5.41) is 8.06. The summed E-state index contributed by atoms with van der Waals surface area (Å²) in [6.07, 6.45) is -0.211. The zero-order valence-electron chi connectivity index (χ0n) is 11.1. The maximum Gasteiger partial charge on any atom is 0.308 e. The van der Waals surface area contributed by atoms with Gasteiger partial charge < -0.3 is 20.7 Å². The highest BCUT2D eigenvalue weighted by atomic mass is 16.5. The molecule has 0 bridgehead atoms. The van der Waals surface area contributed by atoms with Gasteiger partial charge in [-0.15, -0.1) is 0 Å². The van der Waals surface area contributed by atoms with E-state index in [4.69, 9.17) is 0 Å². The van der Waals surface area contributed by atoms with Gasteiger partial charge in [0.05, 0.1) is 24.8 Å². The summed E-state index contributed by atoms with van der Waals surface area (Å²) in [5.74, 6) is -1.43. The van der Waals surface area contributed by atoms with Crippen molar-refractivity contribution < 1.29 is 19.1 Å². The standard InChI is InChI=1S/C13H15N3O4/c1-14-7-4-3-5-8-11(7)13(19)16-9(12(18)15-8)6-10(17)20-2/h3-5,9,14H,6H2,1-2H3,(H,15,18)(H,16,19). The largest absolute Gasteiger partial charge is 0.469 e. The molecule has 1 aliphatic rings. The molecule has 0 radical (unpaired) electrons. The number of hydrogen-bond acceptors (Lipinski definition) is 5. The lowest BCUT2D eigenvalue weighted by atomic mass is 10.1. The summed E-state index contributed by atoms with van der Waals surface area (Å²) < 4.78 is 4.52. The highest BCUT2D eigenvalue weighted by Gasteiger charge is 2.31. The first-order valence-corrected chi connectivity index (χ1v) is 6.06. The number of carbonyl (C=O) groups is 3. The molecule has 1 atom stereocenters.